The van der Waals surface area contributed by atoms with E-state index in [4.69, 9.17) is 14.9 Å². The number of benzene rings is 1. The third kappa shape index (κ3) is 3.38. The normalized spacial score (nSPS) is 17.3. The van der Waals surface area contributed by atoms with Gasteiger partial charge in [0.25, 0.3) is 0 Å². The molecule has 3 rings (SSSR count). The quantitative estimate of drug-likeness (QED) is 0.906. The monoisotopic (exact) mass is 320 g/mol. The van der Waals surface area contributed by atoms with Crippen LogP contribution in [0.1, 0.15) is 24.2 Å². The molecule has 0 saturated carbocycles. The molecule has 1 amide bonds. The van der Waals surface area contributed by atoms with E-state index in [9.17, 15) is 9.18 Å². The largest absolute Gasteiger partial charge is 0.459 e. The van der Waals surface area contributed by atoms with Crippen LogP contribution < -0.4 is 11.1 Å². The summed E-state index contributed by atoms with van der Waals surface area (Å²) in [5, 5.41) is 3.55. The third-order valence-corrected chi connectivity index (χ3v) is 4.50. The van der Waals surface area contributed by atoms with Crippen LogP contribution >= 0.6 is 0 Å². The van der Waals surface area contributed by atoms with Crippen molar-refractivity contribution in [1.82, 2.24) is 5.32 Å². The molecule has 0 spiro atoms. The summed E-state index contributed by atoms with van der Waals surface area (Å²) < 4.78 is 24.3. The molecule has 1 atom stereocenters. The lowest BCUT2D eigenvalue weighted by atomic mass is 9.92. The Labute approximate surface area is 134 Å². The Morgan fingerprint density at radius 2 is 2.17 bits per heavy atom. The van der Waals surface area contributed by atoms with Crippen molar-refractivity contribution in [1.29, 1.82) is 0 Å². The molecule has 2 aromatic rings. The van der Waals surface area contributed by atoms with E-state index in [2.05, 4.69) is 5.32 Å². The van der Waals surface area contributed by atoms with Crippen LogP contribution in [-0.4, -0.2) is 25.2 Å². The first-order valence-electron chi connectivity index (χ1n) is 7.85. The minimum atomic E-state index is -0.541. The summed E-state index contributed by atoms with van der Waals surface area (Å²) in [5.41, 5.74) is 7.49. The standard InChI is InChI=1S/C17H21FN2O3/c1-10-13-8-12(18)2-3-14(13)23-15(10)9-20-17(21)16(19)11-4-6-22-7-5-11/h2-3,8,11,16H,4-7,9,19H2,1H3,(H,20,21). The van der Waals surface area contributed by atoms with Crippen LogP contribution in [-0.2, 0) is 16.1 Å². The Kier molecular flexibility index (Phi) is 4.63. The second-order valence-electron chi connectivity index (χ2n) is 5.98. The SMILES string of the molecule is Cc1c(CNC(=O)C(N)C2CCOCC2)oc2ccc(F)cc12. The molecule has 23 heavy (non-hydrogen) atoms. The molecule has 1 saturated heterocycles. The minimum absolute atomic E-state index is 0.148. The van der Waals surface area contributed by atoms with Crippen molar-refractivity contribution >= 4 is 16.9 Å². The highest BCUT2D eigenvalue weighted by Crippen LogP contribution is 2.26. The van der Waals surface area contributed by atoms with Gasteiger partial charge in [-0.1, -0.05) is 0 Å². The first-order valence-corrected chi connectivity index (χ1v) is 7.85. The zero-order valence-corrected chi connectivity index (χ0v) is 13.1. The topological polar surface area (TPSA) is 77.5 Å². The van der Waals surface area contributed by atoms with Crippen LogP contribution in [0.4, 0.5) is 4.39 Å². The number of rotatable bonds is 4. The van der Waals surface area contributed by atoms with Crippen molar-refractivity contribution in [2.24, 2.45) is 11.7 Å². The van der Waals surface area contributed by atoms with E-state index in [1.807, 2.05) is 6.92 Å². The van der Waals surface area contributed by atoms with E-state index in [1.165, 1.54) is 12.1 Å². The van der Waals surface area contributed by atoms with Gasteiger partial charge in [-0.3, -0.25) is 4.79 Å². The predicted molar refractivity (Wildman–Crippen MR) is 84.3 cm³/mol. The van der Waals surface area contributed by atoms with Gasteiger partial charge in [-0.05, 0) is 43.9 Å². The van der Waals surface area contributed by atoms with Crippen LogP contribution in [0.2, 0.25) is 0 Å². The number of carbonyl (C=O) groups is 1. The molecule has 1 fully saturated rings. The van der Waals surface area contributed by atoms with Crippen LogP contribution in [0, 0.1) is 18.7 Å². The van der Waals surface area contributed by atoms with Crippen molar-refractivity contribution in [2.75, 3.05) is 13.2 Å². The van der Waals surface area contributed by atoms with Crippen LogP contribution in [0.3, 0.4) is 0 Å². The van der Waals surface area contributed by atoms with Gasteiger partial charge in [-0.15, -0.1) is 0 Å². The second-order valence-corrected chi connectivity index (χ2v) is 5.98. The maximum Gasteiger partial charge on any atom is 0.237 e. The Hall–Kier alpha value is -1.92. The van der Waals surface area contributed by atoms with Gasteiger partial charge >= 0.3 is 0 Å². The number of hydrogen-bond acceptors (Lipinski definition) is 4. The number of carbonyl (C=O) groups excluding carboxylic acids is 1. The molecule has 5 nitrogen and oxygen atoms in total. The molecule has 0 aliphatic carbocycles. The molecule has 6 heteroatoms. The summed E-state index contributed by atoms with van der Waals surface area (Å²) >= 11 is 0. The molecule has 1 aliphatic rings. The fourth-order valence-electron chi connectivity index (χ4n) is 2.99. The van der Waals surface area contributed by atoms with Gasteiger partial charge in [-0.2, -0.15) is 0 Å². The van der Waals surface area contributed by atoms with Crippen molar-refractivity contribution in [2.45, 2.75) is 32.4 Å². The Balaban J connectivity index is 1.65. The molecular formula is C17H21FN2O3. The van der Waals surface area contributed by atoms with E-state index in [0.717, 1.165) is 23.8 Å². The molecule has 1 unspecified atom stereocenters. The van der Waals surface area contributed by atoms with E-state index in [1.54, 1.807) is 6.07 Å². The van der Waals surface area contributed by atoms with Gasteiger partial charge in [0.2, 0.25) is 5.91 Å². The van der Waals surface area contributed by atoms with E-state index in [-0.39, 0.29) is 24.2 Å². The predicted octanol–water partition coefficient (Wildman–Crippen LogP) is 2.25. The molecule has 1 aromatic heterocycles. The number of nitrogens with two attached hydrogens (primary N) is 1. The van der Waals surface area contributed by atoms with E-state index in [0.29, 0.717) is 24.6 Å². The number of furan rings is 1. The second kappa shape index (κ2) is 6.68. The number of nitrogens with one attached hydrogen (secondary N) is 1. The molecular weight excluding hydrogens is 299 g/mol. The Morgan fingerprint density at radius 3 is 2.91 bits per heavy atom. The van der Waals surface area contributed by atoms with Crippen molar-refractivity contribution in [3.8, 4) is 0 Å². The van der Waals surface area contributed by atoms with Gasteiger partial charge in [-0.25, -0.2) is 4.39 Å². The maximum atomic E-state index is 13.3. The summed E-state index contributed by atoms with van der Waals surface area (Å²) in [5.74, 6) is 0.272. The van der Waals surface area contributed by atoms with Crippen LogP contribution in [0.5, 0.6) is 0 Å². The van der Waals surface area contributed by atoms with Crippen molar-refractivity contribution in [3.63, 3.8) is 0 Å². The fraction of sp³-hybridized carbons (Fsp3) is 0.471. The third-order valence-electron chi connectivity index (χ3n) is 4.50. The number of amides is 1. The van der Waals surface area contributed by atoms with Crippen molar-refractivity contribution in [3.05, 3.63) is 35.3 Å². The van der Waals surface area contributed by atoms with Gasteiger partial charge in [0.15, 0.2) is 0 Å². The smallest absolute Gasteiger partial charge is 0.237 e. The highest BCUT2D eigenvalue weighted by Gasteiger charge is 2.26. The molecule has 2 heterocycles. The lowest BCUT2D eigenvalue weighted by Crippen LogP contribution is -2.46. The number of hydrogen-bond donors (Lipinski definition) is 2. The van der Waals surface area contributed by atoms with Gasteiger partial charge < -0.3 is 20.2 Å². The maximum absolute atomic E-state index is 13.3. The lowest BCUT2D eigenvalue weighted by Gasteiger charge is -2.26. The molecule has 1 aliphatic heterocycles. The molecule has 0 radical (unpaired) electrons. The van der Waals surface area contributed by atoms with Crippen LogP contribution in [0.15, 0.2) is 22.6 Å². The zero-order valence-electron chi connectivity index (χ0n) is 13.1. The molecule has 1 aromatic carbocycles. The summed E-state index contributed by atoms with van der Waals surface area (Å²) in [7, 11) is 0. The molecule has 124 valence electrons. The molecule has 3 N–H and O–H groups in total. The molecule has 0 bridgehead atoms. The lowest BCUT2D eigenvalue weighted by molar-refractivity contribution is -0.124. The summed E-state index contributed by atoms with van der Waals surface area (Å²) in [6, 6.07) is 3.85. The van der Waals surface area contributed by atoms with Gasteiger partial charge in [0.1, 0.15) is 17.2 Å². The number of ether oxygens (including phenoxy) is 1. The zero-order chi connectivity index (χ0) is 16.4. The first-order chi connectivity index (χ1) is 11.1. The summed E-state index contributed by atoms with van der Waals surface area (Å²) in [6.45, 7) is 3.41. The summed E-state index contributed by atoms with van der Waals surface area (Å²) in [4.78, 5) is 12.2. The van der Waals surface area contributed by atoms with Gasteiger partial charge in [0.05, 0.1) is 12.6 Å². The average molecular weight is 320 g/mol. The van der Waals surface area contributed by atoms with E-state index < -0.39 is 6.04 Å². The average Bonchev–Trinajstić information content (AvgIpc) is 2.88. The van der Waals surface area contributed by atoms with Gasteiger partial charge in [0, 0.05) is 24.2 Å². The Bertz CT molecular complexity index is 707. The highest BCUT2D eigenvalue weighted by atomic mass is 19.1. The number of halogens is 1. The Morgan fingerprint density at radius 1 is 1.43 bits per heavy atom. The van der Waals surface area contributed by atoms with E-state index >= 15 is 0 Å². The number of aryl methyl sites for hydroxylation is 1. The minimum Gasteiger partial charge on any atom is -0.459 e. The fourth-order valence-corrected chi connectivity index (χ4v) is 2.99. The highest BCUT2D eigenvalue weighted by molar-refractivity contribution is 5.83. The first kappa shape index (κ1) is 16.0. The summed E-state index contributed by atoms with van der Waals surface area (Å²) in [6.07, 6.45) is 1.61. The number of fused-ring (bicyclic) bond motifs is 1. The van der Waals surface area contributed by atoms with Crippen LogP contribution in [0.25, 0.3) is 11.0 Å². The van der Waals surface area contributed by atoms with Crippen molar-refractivity contribution < 1.29 is 18.3 Å².